The zero-order valence-electron chi connectivity index (χ0n) is 9.32. The highest BCUT2D eigenvalue weighted by molar-refractivity contribution is 7.99. The van der Waals surface area contributed by atoms with Crippen LogP contribution in [0.1, 0.15) is 17.3 Å². The summed E-state index contributed by atoms with van der Waals surface area (Å²) in [5.41, 5.74) is 0.508. The van der Waals surface area contributed by atoms with Crippen molar-refractivity contribution in [2.24, 2.45) is 0 Å². The molecular formula is C11H12Cl2N2OS. The Bertz CT molecular complexity index is 421. The summed E-state index contributed by atoms with van der Waals surface area (Å²) < 4.78 is 0. The molecule has 3 nitrogen and oxygen atoms in total. The number of thioether (sulfide) groups is 1. The molecule has 0 spiro atoms. The number of hydrogen-bond donors (Lipinski definition) is 0. The average Bonchev–Trinajstić information content (AvgIpc) is 2.26. The number of hydrogen-bond acceptors (Lipinski definition) is 3. The molecule has 1 aliphatic heterocycles. The van der Waals surface area contributed by atoms with Crippen molar-refractivity contribution in [2.45, 2.75) is 12.2 Å². The van der Waals surface area contributed by atoms with Crippen molar-refractivity contribution in [2.75, 3.05) is 18.8 Å². The van der Waals surface area contributed by atoms with Gasteiger partial charge in [0.05, 0.1) is 0 Å². The van der Waals surface area contributed by atoms with Crippen LogP contribution in [0.4, 0.5) is 0 Å². The van der Waals surface area contributed by atoms with Crippen LogP contribution in [-0.4, -0.2) is 39.9 Å². The Morgan fingerprint density at radius 3 is 2.71 bits per heavy atom. The molecule has 1 aliphatic rings. The molecule has 0 radical (unpaired) electrons. The van der Waals surface area contributed by atoms with E-state index < -0.39 is 0 Å². The van der Waals surface area contributed by atoms with Crippen molar-refractivity contribution in [1.82, 2.24) is 9.88 Å². The Hall–Kier alpha value is -0.450. The highest BCUT2D eigenvalue weighted by atomic mass is 35.5. The Labute approximate surface area is 114 Å². The van der Waals surface area contributed by atoms with E-state index in [4.69, 9.17) is 23.2 Å². The lowest BCUT2D eigenvalue weighted by Crippen LogP contribution is -2.41. The number of carbonyl (C=O) groups is 1. The molecule has 2 heterocycles. The number of pyridine rings is 1. The van der Waals surface area contributed by atoms with Crippen molar-refractivity contribution in [3.05, 3.63) is 28.0 Å². The normalized spacial score (nSPS) is 20.4. The number of aromatic nitrogens is 1. The molecule has 0 bridgehead atoms. The van der Waals surface area contributed by atoms with E-state index in [2.05, 4.69) is 11.9 Å². The largest absolute Gasteiger partial charge is 0.337 e. The third-order valence-electron chi connectivity index (χ3n) is 2.54. The maximum Gasteiger partial charge on any atom is 0.254 e. The molecule has 0 saturated carbocycles. The Morgan fingerprint density at radius 1 is 1.47 bits per heavy atom. The van der Waals surface area contributed by atoms with E-state index in [1.165, 1.54) is 0 Å². The molecule has 6 heteroatoms. The quantitative estimate of drug-likeness (QED) is 0.746. The second kappa shape index (κ2) is 5.46. The van der Waals surface area contributed by atoms with E-state index in [1.54, 1.807) is 12.1 Å². The summed E-state index contributed by atoms with van der Waals surface area (Å²) in [5, 5.41) is 0.973. The smallest absolute Gasteiger partial charge is 0.254 e. The first-order valence-corrected chi connectivity index (χ1v) is 7.10. The Balaban J connectivity index is 2.18. The fourth-order valence-corrected chi connectivity index (χ4v) is 3.25. The highest BCUT2D eigenvalue weighted by Crippen LogP contribution is 2.21. The second-order valence-electron chi connectivity index (χ2n) is 3.93. The van der Waals surface area contributed by atoms with Gasteiger partial charge in [0.2, 0.25) is 0 Å². The zero-order valence-corrected chi connectivity index (χ0v) is 11.6. The molecule has 0 aliphatic carbocycles. The SMILES string of the molecule is CC1CN(C(=O)c2cc(Cl)nc(Cl)c2)CCS1. The average molecular weight is 291 g/mol. The molecular weight excluding hydrogens is 279 g/mol. The fraction of sp³-hybridized carbons (Fsp3) is 0.455. The van der Waals surface area contributed by atoms with E-state index in [0.29, 0.717) is 10.8 Å². The number of amides is 1. The third kappa shape index (κ3) is 3.27. The third-order valence-corrected chi connectivity index (χ3v) is 4.06. The highest BCUT2D eigenvalue weighted by Gasteiger charge is 2.22. The zero-order chi connectivity index (χ0) is 12.4. The van der Waals surface area contributed by atoms with Gasteiger partial charge in [0, 0.05) is 29.7 Å². The summed E-state index contributed by atoms with van der Waals surface area (Å²) in [6.45, 7) is 3.66. The van der Waals surface area contributed by atoms with Crippen LogP contribution in [0.3, 0.4) is 0 Å². The van der Waals surface area contributed by atoms with Gasteiger partial charge in [-0.05, 0) is 12.1 Å². The summed E-state index contributed by atoms with van der Waals surface area (Å²) >= 11 is 13.5. The van der Waals surface area contributed by atoms with Crippen molar-refractivity contribution in [3.8, 4) is 0 Å². The summed E-state index contributed by atoms with van der Waals surface area (Å²) in [4.78, 5) is 17.9. The molecule has 1 fully saturated rings. The van der Waals surface area contributed by atoms with E-state index in [1.807, 2.05) is 16.7 Å². The predicted molar refractivity (Wildman–Crippen MR) is 72.1 cm³/mol. The summed E-state index contributed by atoms with van der Waals surface area (Å²) in [6.07, 6.45) is 0. The van der Waals surface area contributed by atoms with Gasteiger partial charge in [-0.2, -0.15) is 11.8 Å². The fourth-order valence-electron chi connectivity index (χ4n) is 1.77. The summed E-state index contributed by atoms with van der Waals surface area (Å²) in [5.74, 6) is 0.947. The molecule has 0 N–H and O–H groups in total. The van der Waals surface area contributed by atoms with Crippen molar-refractivity contribution < 1.29 is 4.79 Å². The molecule has 1 atom stereocenters. The van der Waals surface area contributed by atoms with E-state index in [9.17, 15) is 4.79 Å². The second-order valence-corrected chi connectivity index (χ2v) is 6.25. The summed E-state index contributed by atoms with van der Waals surface area (Å²) in [7, 11) is 0. The number of halogens is 2. The van der Waals surface area contributed by atoms with E-state index >= 15 is 0 Å². The van der Waals surface area contributed by atoms with Crippen molar-refractivity contribution in [1.29, 1.82) is 0 Å². The Kier molecular flexibility index (Phi) is 4.17. The summed E-state index contributed by atoms with van der Waals surface area (Å²) in [6, 6.07) is 3.12. The standard InChI is InChI=1S/C11H12Cl2N2OS/c1-7-6-15(2-3-17-7)11(16)8-4-9(12)14-10(13)5-8/h4-5,7H,2-3,6H2,1H3. The van der Waals surface area contributed by atoms with Crippen LogP contribution in [0, 0.1) is 0 Å². The lowest BCUT2D eigenvalue weighted by molar-refractivity contribution is 0.0763. The first kappa shape index (κ1) is 13.0. The Morgan fingerprint density at radius 2 is 2.12 bits per heavy atom. The molecule has 92 valence electrons. The van der Waals surface area contributed by atoms with Gasteiger partial charge in [-0.15, -0.1) is 0 Å². The lowest BCUT2D eigenvalue weighted by Gasteiger charge is -2.30. The van der Waals surface area contributed by atoms with Crippen molar-refractivity contribution >= 4 is 40.9 Å². The minimum Gasteiger partial charge on any atom is -0.337 e. The first-order valence-electron chi connectivity index (χ1n) is 5.30. The molecule has 2 rings (SSSR count). The van der Waals surface area contributed by atoms with Crippen LogP contribution >= 0.6 is 35.0 Å². The number of carbonyl (C=O) groups excluding carboxylic acids is 1. The van der Waals surface area contributed by atoms with Gasteiger partial charge in [0.15, 0.2) is 0 Å². The molecule has 1 aromatic heterocycles. The molecule has 1 saturated heterocycles. The van der Waals surface area contributed by atoms with Crippen LogP contribution in [0.25, 0.3) is 0 Å². The molecule has 1 unspecified atom stereocenters. The van der Waals surface area contributed by atoms with Gasteiger partial charge >= 0.3 is 0 Å². The van der Waals surface area contributed by atoms with Gasteiger partial charge in [0.25, 0.3) is 5.91 Å². The molecule has 1 aromatic rings. The van der Waals surface area contributed by atoms with Gasteiger partial charge in [-0.25, -0.2) is 4.98 Å². The monoisotopic (exact) mass is 290 g/mol. The molecule has 1 amide bonds. The molecule has 17 heavy (non-hydrogen) atoms. The van der Waals surface area contributed by atoms with Crippen LogP contribution in [-0.2, 0) is 0 Å². The van der Waals surface area contributed by atoms with Gasteiger partial charge < -0.3 is 4.90 Å². The minimum absolute atomic E-state index is 0.0247. The van der Waals surface area contributed by atoms with Crippen LogP contribution < -0.4 is 0 Å². The van der Waals surface area contributed by atoms with E-state index in [0.717, 1.165) is 18.8 Å². The maximum absolute atomic E-state index is 12.2. The number of rotatable bonds is 1. The van der Waals surface area contributed by atoms with Crippen LogP contribution in [0.15, 0.2) is 12.1 Å². The predicted octanol–water partition coefficient (Wildman–Crippen LogP) is 2.97. The van der Waals surface area contributed by atoms with Gasteiger partial charge in [-0.3, -0.25) is 4.79 Å². The van der Waals surface area contributed by atoms with Crippen LogP contribution in [0.5, 0.6) is 0 Å². The lowest BCUT2D eigenvalue weighted by atomic mass is 10.2. The molecule has 0 aromatic carbocycles. The number of nitrogens with zero attached hydrogens (tertiary/aromatic N) is 2. The van der Waals surface area contributed by atoms with Gasteiger partial charge in [0.1, 0.15) is 10.3 Å². The van der Waals surface area contributed by atoms with E-state index in [-0.39, 0.29) is 16.2 Å². The first-order chi connectivity index (χ1) is 8.06. The topological polar surface area (TPSA) is 33.2 Å². The maximum atomic E-state index is 12.2. The minimum atomic E-state index is -0.0247. The van der Waals surface area contributed by atoms with Crippen LogP contribution in [0.2, 0.25) is 10.3 Å². The van der Waals surface area contributed by atoms with Gasteiger partial charge in [-0.1, -0.05) is 30.1 Å². The van der Waals surface area contributed by atoms with Crippen molar-refractivity contribution in [3.63, 3.8) is 0 Å².